The van der Waals surface area contributed by atoms with Crippen LogP contribution in [0.25, 0.3) is 10.1 Å². The lowest BCUT2D eigenvalue weighted by Crippen LogP contribution is -2.32. The van der Waals surface area contributed by atoms with E-state index in [2.05, 4.69) is 17.3 Å². The Balaban J connectivity index is 1.71. The van der Waals surface area contributed by atoms with E-state index in [0.717, 1.165) is 35.4 Å². The fraction of sp³-hybridized carbons (Fsp3) is 0.529. The number of nitrogens with zero attached hydrogens (tertiary/aromatic N) is 1. The Morgan fingerprint density at radius 2 is 2.00 bits per heavy atom. The topological polar surface area (TPSA) is 15.3 Å². The highest BCUT2D eigenvalue weighted by Crippen LogP contribution is 2.35. The van der Waals surface area contributed by atoms with E-state index < -0.39 is 12.6 Å². The second-order valence-corrected chi connectivity index (χ2v) is 7.24. The average Bonchev–Trinajstić information content (AvgIpc) is 2.89. The summed E-state index contributed by atoms with van der Waals surface area (Å²) in [5, 5.41) is 5.82. The molecule has 0 atom stereocenters. The molecule has 1 N–H and O–H groups in total. The predicted molar refractivity (Wildman–Crippen MR) is 90.3 cm³/mol. The largest absolute Gasteiger partial charge is 0.393 e. The molecule has 0 saturated carbocycles. The van der Waals surface area contributed by atoms with E-state index in [1.807, 2.05) is 12.1 Å². The monoisotopic (exact) mass is 342 g/mol. The highest BCUT2D eigenvalue weighted by Gasteiger charge is 2.29. The van der Waals surface area contributed by atoms with Crippen LogP contribution in [0, 0.1) is 5.92 Å². The van der Waals surface area contributed by atoms with Gasteiger partial charge in [-0.2, -0.15) is 13.2 Å². The average molecular weight is 342 g/mol. The van der Waals surface area contributed by atoms with E-state index in [-0.39, 0.29) is 0 Å². The minimum atomic E-state index is -4.16. The van der Waals surface area contributed by atoms with E-state index >= 15 is 0 Å². The van der Waals surface area contributed by atoms with Gasteiger partial charge in [-0.15, -0.1) is 11.3 Å². The molecule has 1 fully saturated rings. The SMILES string of the molecule is CN1CCC(CNc2cccc3c(CC(F)(F)F)csc23)CC1. The van der Waals surface area contributed by atoms with Gasteiger partial charge in [-0.25, -0.2) is 0 Å². The maximum absolute atomic E-state index is 12.7. The second kappa shape index (κ2) is 6.69. The Morgan fingerprint density at radius 1 is 1.26 bits per heavy atom. The molecule has 0 aliphatic carbocycles. The molecule has 0 amide bonds. The van der Waals surface area contributed by atoms with Gasteiger partial charge in [0.15, 0.2) is 0 Å². The third kappa shape index (κ3) is 4.18. The molecule has 1 aliphatic rings. The lowest BCUT2D eigenvalue weighted by Gasteiger charge is -2.29. The minimum Gasteiger partial charge on any atom is -0.384 e. The number of nitrogens with one attached hydrogen (secondary N) is 1. The molecule has 0 bridgehead atoms. The molecule has 6 heteroatoms. The number of hydrogen-bond acceptors (Lipinski definition) is 3. The lowest BCUT2D eigenvalue weighted by atomic mass is 9.97. The van der Waals surface area contributed by atoms with Crippen molar-refractivity contribution in [3.05, 3.63) is 29.1 Å². The van der Waals surface area contributed by atoms with Gasteiger partial charge in [-0.3, -0.25) is 0 Å². The maximum Gasteiger partial charge on any atom is 0.393 e. The van der Waals surface area contributed by atoms with Crippen LogP contribution in [0.15, 0.2) is 23.6 Å². The molecule has 23 heavy (non-hydrogen) atoms. The Kier molecular flexibility index (Phi) is 4.82. The van der Waals surface area contributed by atoms with E-state index in [4.69, 9.17) is 0 Å². The van der Waals surface area contributed by atoms with Crippen LogP contribution < -0.4 is 5.32 Å². The Labute approximate surface area is 138 Å². The van der Waals surface area contributed by atoms with Gasteiger partial charge < -0.3 is 10.2 Å². The van der Waals surface area contributed by atoms with Crippen LogP contribution in [0.4, 0.5) is 18.9 Å². The number of likely N-dealkylation sites (tertiary alicyclic amines) is 1. The molecule has 1 aromatic carbocycles. The molecule has 2 heterocycles. The summed E-state index contributed by atoms with van der Waals surface area (Å²) in [6, 6.07) is 5.59. The summed E-state index contributed by atoms with van der Waals surface area (Å²) in [5.74, 6) is 0.635. The molecule has 0 radical (unpaired) electrons. The molecular formula is C17H21F3N2S. The Hall–Kier alpha value is -1.27. The van der Waals surface area contributed by atoms with Crippen molar-refractivity contribution in [3.8, 4) is 0 Å². The summed E-state index contributed by atoms with van der Waals surface area (Å²) in [4.78, 5) is 2.33. The first kappa shape index (κ1) is 16.6. The van der Waals surface area contributed by atoms with Gasteiger partial charge in [0.1, 0.15) is 0 Å². The number of hydrogen-bond donors (Lipinski definition) is 1. The summed E-state index contributed by atoms with van der Waals surface area (Å²) in [6.07, 6.45) is -2.68. The molecule has 2 aromatic rings. The maximum atomic E-state index is 12.7. The minimum absolute atomic E-state index is 0.375. The zero-order valence-corrected chi connectivity index (χ0v) is 13.9. The zero-order valence-electron chi connectivity index (χ0n) is 13.1. The fourth-order valence-electron chi connectivity index (χ4n) is 3.12. The molecule has 1 saturated heterocycles. The van der Waals surface area contributed by atoms with Crippen molar-refractivity contribution in [2.75, 3.05) is 32.0 Å². The van der Waals surface area contributed by atoms with Gasteiger partial charge in [0, 0.05) is 6.54 Å². The van der Waals surface area contributed by atoms with Gasteiger partial charge in [0.05, 0.1) is 16.8 Å². The highest BCUT2D eigenvalue weighted by atomic mass is 32.1. The summed E-state index contributed by atoms with van der Waals surface area (Å²) < 4.78 is 38.9. The number of anilines is 1. The first-order valence-electron chi connectivity index (χ1n) is 7.90. The molecule has 2 nitrogen and oxygen atoms in total. The Bertz CT molecular complexity index is 657. The van der Waals surface area contributed by atoms with E-state index in [1.165, 1.54) is 24.2 Å². The standard InChI is InChI=1S/C17H21F3N2S/c1-22-7-5-12(6-8-22)10-21-15-4-2-3-14-13(9-17(18,19)20)11-23-16(14)15/h2-4,11-12,21H,5-10H2,1H3. The third-order valence-electron chi connectivity index (χ3n) is 4.49. The molecular weight excluding hydrogens is 321 g/mol. The van der Waals surface area contributed by atoms with Gasteiger partial charge in [-0.1, -0.05) is 12.1 Å². The van der Waals surface area contributed by atoms with E-state index in [1.54, 1.807) is 11.4 Å². The van der Waals surface area contributed by atoms with Crippen molar-refractivity contribution in [1.82, 2.24) is 4.90 Å². The normalized spacial score (nSPS) is 17.7. The number of halogens is 3. The summed E-state index contributed by atoms with van der Waals surface area (Å²) in [5.41, 5.74) is 1.33. The van der Waals surface area contributed by atoms with Crippen LogP contribution in [0.1, 0.15) is 18.4 Å². The number of thiophene rings is 1. The predicted octanol–water partition coefficient (Wildman–Crippen LogP) is 4.76. The first-order valence-corrected chi connectivity index (χ1v) is 8.78. The highest BCUT2D eigenvalue weighted by molar-refractivity contribution is 7.18. The summed E-state index contributed by atoms with van der Waals surface area (Å²) in [7, 11) is 2.14. The molecule has 3 rings (SSSR count). The lowest BCUT2D eigenvalue weighted by molar-refractivity contribution is -0.126. The molecule has 1 aliphatic heterocycles. The van der Waals surface area contributed by atoms with Crippen molar-refractivity contribution in [2.24, 2.45) is 5.92 Å². The van der Waals surface area contributed by atoms with E-state index in [0.29, 0.717) is 11.5 Å². The summed E-state index contributed by atoms with van der Waals surface area (Å²) >= 11 is 1.40. The van der Waals surface area contributed by atoms with Gasteiger partial charge >= 0.3 is 6.18 Å². The molecule has 126 valence electrons. The van der Waals surface area contributed by atoms with E-state index in [9.17, 15) is 13.2 Å². The number of rotatable bonds is 4. The number of piperidine rings is 1. The smallest absolute Gasteiger partial charge is 0.384 e. The van der Waals surface area contributed by atoms with Crippen LogP contribution in [-0.2, 0) is 6.42 Å². The molecule has 0 unspecified atom stereocenters. The second-order valence-electron chi connectivity index (χ2n) is 6.36. The van der Waals surface area contributed by atoms with Crippen molar-refractivity contribution in [3.63, 3.8) is 0 Å². The molecule has 1 aromatic heterocycles. The number of alkyl halides is 3. The van der Waals surface area contributed by atoms with Crippen LogP contribution in [0.5, 0.6) is 0 Å². The number of fused-ring (bicyclic) bond motifs is 1. The first-order chi connectivity index (χ1) is 10.9. The summed E-state index contributed by atoms with van der Waals surface area (Å²) in [6.45, 7) is 3.12. The van der Waals surface area contributed by atoms with Crippen LogP contribution in [-0.4, -0.2) is 37.8 Å². The van der Waals surface area contributed by atoms with Crippen LogP contribution >= 0.6 is 11.3 Å². The van der Waals surface area contributed by atoms with Gasteiger partial charge in [0.2, 0.25) is 0 Å². The van der Waals surface area contributed by atoms with Crippen molar-refractivity contribution in [2.45, 2.75) is 25.4 Å². The molecule has 0 spiro atoms. The number of benzene rings is 1. The van der Waals surface area contributed by atoms with Crippen LogP contribution in [0.2, 0.25) is 0 Å². The van der Waals surface area contributed by atoms with Gasteiger partial charge in [-0.05, 0) is 61.3 Å². The van der Waals surface area contributed by atoms with Gasteiger partial charge in [0.25, 0.3) is 0 Å². The van der Waals surface area contributed by atoms with Crippen molar-refractivity contribution in [1.29, 1.82) is 0 Å². The van der Waals surface area contributed by atoms with Crippen LogP contribution in [0.3, 0.4) is 0 Å². The third-order valence-corrected chi connectivity index (χ3v) is 5.57. The Morgan fingerprint density at radius 3 is 2.70 bits per heavy atom. The quantitative estimate of drug-likeness (QED) is 0.862. The van der Waals surface area contributed by atoms with Crippen molar-refractivity contribution >= 4 is 27.1 Å². The fourth-order valence-corrected chi connectivity index (χ4v) is 4.19. The van der Waals surface area contributed by atoms with Crippen molar-refractivity contribution < 1.29 is 13.2 Å². The zero-order chi connectivity index (χ0) is 16.4.